The maximum absolute atomic E-state index is 12.5. The van der Waals surface area contributed by atoms with Crippen LogP contribution in [0.2, 0.25) is 0 Å². The fourth-order valence-corrected chi connectivity index (χ4v) is 3.46. The molecule has 8 heteroatoms. The first-order valence-electron chi connectivity index (χ1n) is 10.3. The molecule has 0 bridgehead atoms. The Morgan fingerprint density at radius 3 is 2.72 bits per heavy atom. The van der Waals surface area contributed by atoms with E-state index in [9.17, 15) is 9.59 Å². The number of benzene rings is 2. The van der Waals surface area contributed by atoms with Crippen molar-refractivity contribution >= 4 is 16.8 Å². The summed E-state index contributed by atoms with van der Waals surface area (Å²) >= 11 is 0. The number of hydrogen-bond donors (Lipinski definition) is 2. The summed E-state index contributed by atoms with van der Waals surface area (Å²) in [6, 6.07) is 14.9. The lowest BCUT2D eigenvalue weighted by molar-refractivity contribution is -0.121. The first-order valence-corrected chi connectivity index (χ1v) is 10.3. The van der Waals surface area contributed by atoms with Gasteiger partial charge in [-0.2, -0.15) is 4.98 Å². The van der Waals surface area contributed by atoms with E-state index < -0.39 is 0 Å². The number of carbonyl (C=O) groups excluding carboxylic acids is 1. The summed E-state index contributed by atoms with van der Waals surface area (Å²) in [5.74, 6) is 1.14. The molecule has 32 heavy (non-hydrogen) atoms. The maximum atomic E-state index is 12.5. The molecule has 0 saturated heterocycles. The molecule has 0 aliphatic rings. The van der Waals surface area contributed by atoms with Crippen LogP contribution in [-0.2, 0) is 11.2 Å². The number of nitrogens with one attached hydrogen (secondary N) is 2. The minimum atomic E-state index is -0.290. The third kappa shape index (κ3) is 4.69. The highest BCUT2D eigenvalue weighted by Gasteiger charge is 2.15. The van der Waals surface area contributed by atoms with Gasteiger partial charge in [0, 0.05) is 18.4 Å². The smallest absolute Gasteiger partial charge is 0.259 e. The largest absolute Gasteiger partial charge is 0.497 e. The van der Waals surface area contributed by atoms with E-state index in [1.54, 1.807) is 13.2 Å². The van der Waals surface area contributed by atoms with E-state index in [4.69, 9.17) is 9.26 Å². The third-order valence-electron chi connectivity index (χ3n) is 5.27. The Morgan fingerprint density at radius 1 is 1.19 bits per heavy atom. The van der Waals surface area contributed by atoms with E-state index in [-0.39, 0.29) is 36.2 Å². The number of aromatic amines is 1. The van der Waals surface area contributed by atoms with Crippen molar-refractivity contribution in [2.75, 3.05) is 7.11 Å². The lowest BCUT2D eigenvalue weighted by Gasteiger charge is -2.14. The lowest BCUT2D eigenvalue weighted by Crippen LogP contribution is -2.26. The summed E-state index contributed by atoms with van der Waals surface area (Å²) in [6.45, 7) is 3.88. The molecular weight excluding hydrogens is 408 g/mol. The molecule has 8 nitrogen and oxygen atoms in total. The monoisotopic (exact) mass is 432 g/mol. The molecule has 2 aromatic heterocycles. The molecule has 0 saturated carbocycles. The van der Waals surface area contributed by atoms with Crippen LogP contribution in [0, 0.1) is 6.92 Å². The molecule has 164 valence electrons. The van der Waals surface area contributed by atoms with Gasteiger partial charge in [0.1, 0.15) is 5.75 Å². The number of carbonyl (C=O) groups is 1. The van der Waals surface area contributed by atoms with Crippen LogP contribution in [0.1, 0.15) is 36.4 Å². The van der Waals surface area contributed by atoms with Gasteiger partial charge >= 0.3 is 0 Å². The molecule has 0 spiro atoms. The predicted octanol–water partition coefficient (Wildman–Crippen LogP) is 3.71. The first-order chi connectivity index (χ1) is 15.4. The number of hydrogen-bond acceptors (Lipinski definition) is 6. The molecule has 0 aliphatic carbocycles. The van der Waals surface area contributed by atoms with E-state index >= 15 is 0 Å². The van der Waals surface area contributed by atoms with Crippen molar-refractivity contribution in [3.05, 3.63) is 75.9 Å². The molecule has 2 aromatic carbocycles. The first kappa shape index (κ1) is 21.3. The van der Waals surface area contributed by atoms with Gasteiger partial charge in [-0.15, -0.1) is 0 Å². The number of nitrogens with zero attached hydrogens (tertiary/aromatic N) is 2. The van der Waals surface area contributed by atoms with Crippen LogP contribution in [-0.4, -0.2) is 28.1 Å². The number of ether oxygens (including phenoxy) is 1. The van der Waals surface area contributed by atoms with Crippen molar-refractivity contribution in [2.45, 2.75) is 32.7 Å². The molecule has 0 fully saturated rings. The van der Waals surface area contributed by atoms with Gasteiger partial charge in [-0.1, -0.05) is 29.4 Å². The minimum Gasteiger partial charge on any atom is -0.497 e. The molecule has 2 heterocycles. The molecule has 0 radical (unpaired) electrons. The van der Waals surface area contributed by atoms with Crippen molar-refractivity contribution in [1.82, 2.24) is 20.4 Å². The number of rotatable bonds is 7. The molecule has 4 rings (SSSR count). The second-order valence-electron chi connectivity index (χ2n) is 7.68. The SMILES string of the molecule is COc1ccc([C@@H](C)NC(=O)CCc2nc(-c3cc4ccc(C)cc4[nH]c3=O)no2)cc1. The molecule has 4 aromatic rings. The zero-order valence-corrected chi connectivity index (χ0v) is 18.1. The van der Waals surface area contributed by atoms with Crippen molar-refractivity contribution in [3.8, 4) is 17.1 Å². The number of H-pyrrole nitrogens is 1. The Kier molecular flexibility index (Phi) is 6.02. The highest BCUT2D eigenvalue weighted by atomic mass is 16.5. The standard InChI is InChI=1S/C24H24N4O4/c1-14-4-5-17-13-19(24(30)26-20(17)12-14)23-27-22(32-28-23)11-10-21(29)25-15(2)16-6-8-18(31-3)9-7-16/h4-9,12-13,15H,10-11H2,1-3H3,(H,25,29)(H,26,30)/t15-/m1/s1. The van der Waals surface area contributed by atoms with E-state index in [0.717, 1.165) is 27.8 Å². The Bertz CT molecular complexity index is 1310. The Morgan fingerprint density at radius 2 is 1.97 bits per heavy atom. The summed E-state index contributed by atoms with van der Waals surface area (Å²) in [7, 11) is 1.61. The van der Waals surface area contributed by atoms with Crippen LogP contribution >= 0.6 is 0 Å². The average Bonchev–Trinajstić information content (AvgIpc) is 3.26. The van der Waals surface area contributed by atoms with Gasteiger partial charge in [0.05, 0.1) is 18.7 Å². The second-order valence-corrected chi connectivity index (χ2v) is 7.68. The summed E-state index contributed by atoms with van der Waals surface area (Å²) < 4.78 is 10.4. The summed E-state index contributed by atoms with van der Waals surface area (Å²) in [4.78, 5) is 32.0. The van der Waals surface area contributed by atoms with E-state index in [2.05, 4.69) is 20.4 Å². The second kappa shape index (κ2) is 9.05. The van der Waals surface area contributed by atoms with Crippen LogP contribution in [0.5, 0.6) is 5.75 Å². The molecule has 1 amide bonds. The number of aryl methyl sites for hydroxylation is 2. The quantitative estimate of drug-likeness (QED) is 0.461. The molecule has 1 atom stereocenters. The fourth-order valence-electron chi connectivity index (χ4n) is 3.46. The van der Waals surface area contributed by atoms with Gasteiger partial charge in [-0.05, 0) is 54.6 Å². The van der Waals surface area contributed by atoms with Crippen molar-refractivity contribution in [2.24, 2.45) is 0 Å². The van der Waals surface area contributed by atoms with Gasteiger partial charge < -0.3 is 19.6 Å². The van der Waals surface area contributed by atoms with Crippen LogP contribution in [0.4, 0.5) is 0 Å². The van der Waals surface area contributed by atoms with Gasteiger partial charge in [0.25, 0.3) is 5.56 Å². The summed E-state index contributed by atoms with van der Waals surface area (Å²) in [5, 5.41) is 7.75. The van der Waals surface area contributed by atoms with Crippen LogP contribution in [0.3, 0.4) is 0 Å². The predicted molar refractivity (Wildman–Crippen MR) is 120 cm³/mol. The highest BCUT2D eigenvalue weighted by molar-refractivity contribution is 5.82. The molecular formula is C24H24N4O4. The zero-order valence-electron chi connectivity index (χ0n) is 18.1. The van der Waals surface area contributed by atoms with E-state index in [1.807, 2.05) is 56.3 Å². The fraction of sp³-hybridized carbons (Fsp3) is 0.250. The number of pyridine rings is 1. The normalized spacial score (nSPS) is 12.0. The zero-order chi connectivity index (χ0) is 22.7. The molecule has 0 aliphatic heterocycles. The van der Waals surface area contributed by atoms with Gasteiger partial charge in [0.15, 0.2) is 0 Å². The lowest BCUT2D eigenvalue weighted by atomic mass is 10.1. The summed E-state index contributed by atoms with van der Waals surface area (Å²) in [6.07, 6.45) is 0.467. The number of methoxy groups -OCH3 is 1. The Balaban J connectivity index is 1.39. The Hall–Kier alpha value is -3.94. The maximum Gasteiger partial charge on any atom is 0.259 e. The van der Waals surface area contributed by atoms with E-state index in [0.29, 0.717) is 11.5 Å². The number of amides is 1. The van der Waals surface area contributed by atoms with Crippen LogP contribution in [0.25, 0.3) is 22.3 Å². The van der Waals surface area contributed by atoms with Gasteiger partial charge in [0.2, 0.25) is 17.6 Å². The van der Waals surface area contributed by atoms with Gasteiger partial charge in [-0.3, -0.25) is 9.59 Å². The third-order valence-corrected chi connectivity index (χ3v) is 5.27. The Labute approximate surface area is 184 Å². The van der Waals surface area contributed by atoms with Crippen molar-refractivity contribution < 1.29 is 14.1 Å². The highest BCUT2D eigenvalue weighted by Crippen LogP contribution is 2.19. The van der Waals surface area contributed by atoms with E-state index in [1.165, 1.54) is 0 Å². The van der Waals surface area contributed by atoms with Crippen molar-refractivity contribution in [1.29, 1.82) is 0 Å². The molecule has 2 N–H and O–H groups in total. The average molecular weight is 432 g/mol. The van der Waals surface area contributed by atoms with Crippen LogP contribution < -0.4 is 15.6 Å². The van der Waals surface area contributed by atoms with Crippen LogP contribution in [0.15, 0.2) is 57.8 Å². The van der Waals surface area contributed by atoms with Gasteiger partial charge in [-0.25, -0.2) is 0 Å². The number of aromatic nitrogens is 3. The van der Waals surface area contributed by atoms with Crippen molar-refractivity contribution in [3.63, 3.8) is 0 Å². The summed E-state index contributed by atoms with van der Waals surface area (Å²) in [5.41, 5.74) is 2.83. The molecule has 0 unspecified atom stereocenters. The minimum absolute atomic E-state index is 0.132. The topological polar surface area (TPSA) is 110 Å². The number of fused-ring (bicyclic) bond motifs is 1.